The molecule has 0 bridgehead atoms. The van der Waals surface area contributed by atoms with Gasteiger partial charge in [-0.3, -0.25) is 9.59 Å². The van der Waals surface area contributed by atoms with E-state index >= 15 is 0 Å². The Morgan fingerprint density at radius 1 is 1.35 bits per heavy atom. The molecule has 2 fully saturated rings. The molecule has 23 heavy (non-hydrogen) atoms. The molecule has 0 saturated carbocycles. The fourth-order valence-electron chi connectivity index (χ4n) is 3.04. The summed E-state index contributed by atoms with van der Waals surface area (Å²) in [6, 6.07) is -0.317. The van der Waals surface area contributed by atoms with E-state index in [0.29, 0.717) is 19.0 Å². The van der Waals surface area contributed by atoms with Crippen LogP contribution in [0.5, 0.6) is 0 Å². The second-order valence-electron chi connectivity index (χ2n) is 6.08. The van der Waals surface area contributed by atoms with Gasteiger partial charge in [0, 0.05) is 32.2 Å². The van der Waals surface area contributed by atoms with Gasteiger partial charge in [-0.2, -0.15) is 5.06 Å². The molecule has 2 saturated heterocycles. The first kappa shape index (κ1) is 18.1. The quantitative estimate of drug-likeness (QED) is 0.683. The largest absolute Gasteiger partial charge is 0.468 e. The lowest BCUT2D eigenvalue weighted by Gasteiger charge is -2.30. The van der Waals surface area contributed by atoms with Crippen LogP contribution in [0.3, 0.4) is 0 Å². The van der Waals surface area contributed by atoms with Crippen LogP contribution >= 0.6 is 0 Å². The highest BCUT2D eigenvalue weighted by Gasteiger charge is 2.39. The first-order valence-electron chi connectivity index (χ1n) is 8.02. The smallest absolute Gasteiger partial charge is 0.325 e. The van der Waals surface area contributed by atoms with Gasteiger partial charge in [0.2, 0.25) is 0 Å². The summed E-state index contributed by atoms with van der Waals surface area (Å²) in [4.78, 5) is 25.6. The highest BCUT2D eigenvalue weighted by Crippen LogP contribution is 2.20. The number of rotatable bonds is 6. The maximum Gasteiger partial charge on any atom is 0.325 e. The van der Waals surface area contributed by atoms with Crippen molar-refractivity contribution >= 4 is 11.9 Å². The topological polar surface area (TPSA) is 88.5 Å². The Hall–Kier alpha value is -1.22. The number of carbonyl (C=O) groups is 2. The van der Waals surface area contributed by atoms with E-state index in [1.54, 1.807) is 0 Å². The molecule has 1 unspecified atom stereocenters. The Kier molecular flexibility index (Phi) is 6.76. The zero-order chi connectivity index (χ0) is 16.8. The van der Waals surface area contributed by atoms with Gasteiger partial charge in [-0.25, -0.2) is 0 Å². The van der Waals surface area contributed by atoms with Crippen molar-refractivity contribution < 1.29 is 29.0 Å². The van der Waals surface area contributed by atoms with E-state index in [1.165, 1.54) is 7.11 Å². The molecule has 0 aromatic rings. The van der Waals surface area contributed by atoms with E-state index in [9.17, 15) is 14.8 Å². The maximum absolute atomic E-state index is 11.9. The third-order valence-electron chi connectivity index (χ3n) is 4.49. The van der Waals surface area contributed by atoms with Crippen molar-refractivity contribution in [2.24, 2.45) is 0 Å². The van der Waals surface area contributed by atoms with Crippen LogP contribution in [-0.2, 0) is 23.8 Å². The lowest BCUT2D eigenvalue weighted by Crippen LogP contribution is -2.38. The second-order valence-corrected chi connectivity index (χ2v) is 6.08. The predicted molar refractivity (Wildman–Crippen MR) is 79.9 cm³/mol. The van der Waals surface area contributed by atoms with E-state index in [-0.39, 0.29) is 18.9 Å². The van der Waals surface area contributed by atoms with Gasteiger partial charge in [0.1, 0.15) is 12.1 Å². The van der Waals surface area contributed by atoms with E-state index in [4.69, 9.17) is 9.47 Å². The monoisotopic (exact) mass is 330 g/mol. The second kappa shape index (κ2) is 8.58. The number of carbonyl (C=O) groups excluding carboxylic acids is 2. The Labute approximate surface area is 136 Å². The number of ether oxygens (including phenoxy) is 3. The predicted octanol–water partition coefficient (Wildman–Crippen LogP) is 0.0356. The maximum atomic E-state index is 11.9. The van der Waals surface area contributed by atoms with E-state index in [0.717, 1.165) is 31.1 Å². The molecule has 2 heterocycles. The Morgan fingerprint density at radius 2 is 2.04 bits per heavy atom. The summed E-state index contributed by atoms with van der Waals surface area (Å²) in [5.74, 6) is -0.835. The lowest BCUT2D eigenvalue weighted by atomic mass is 10.1. The number of hydrogen-bond acceptors (Lipinski definition) is 8. The zero-order valence-electron chi connectivity index (χ0n) is 13.8. The average molecular weight is 330 g/mol. The molecule has 132 valence electrons. The summed E-state index contributed by atoms with van der Waals surface area (Å²) in [6.07, 6.45) is 2.02. The minimum Gasteiger partial charge on any atom is -0.468 e. The molecular formula is C15H26N2O6. The molecule has 2 atom stereocenters. The Morgan fingerprint density at radius 3 is 2.70 bits per heavy atom. The standard InChI is InChI=1S/C15H26N2O6/c1-16(11-4-7-22-8-5-11)6-3-14(18)23-12-9-13(15(19)21-2)17(20)10-12/h11-13,20H,3-10H2,1-2H3/t12?,13-/m0/s1. The summed E-state index contributed by atoms with van der Waals surface area (Å²) in [5.41, 5.74) is 0. The molecule has 2 rings (SSSR count). The minimum atomic E-state index is -0.761. The Balaban J connectivity index is 1.69. The van der Waals surface area contributed by atoms with Gasteiger partial charge in [-0.15, -0.1) is 0 Å². The van der Waals surface area contributed by atoms with Crippen LogP contribution in [0, 0.1) is 0 Å². The number of nitrogens with zero attached hydrogens (tertiary/aromatic N) is 2. The van der Waals surface area contributed by atoms with Crippen LogP contribution in [0.1, 0.15) is 25.7 Å². The third-order valence-corrected chi connectivity index (χ3v) is 4.49. The molecule has 2 aliphatic rings. The van der Waals surface area contributed by atoms with Crippen LogP contribution < -0.4 is 0 Å². The fraction of sp³-hybridized carbons (Fsp3) is 0.867. The molecule has 0 spiro atoms. The third kappa shape index (κ3) is 5.13. The molecule has 0 amide bonds. The van der Waals surface area contributed by atoms with Crippen molar-refractivity contribution in [3.63, 3.8) is 0 Å². The summed E-state index contributed by atoms with van der Waals surface area (Å²) >= 11 is 0. The van der Waals surface area contributed by atoms with Crippen molar-refractivity contribution in [3.8, 4) is 0 Å². The van der Waals surface area contributed by atoms with Crippen molar-refractivity contribution in [1.82, 2.24) is 9.96 Å². The molecule has 8 heteroatoms. The number of esters is 2. The Bertz CT molecular complexity index is 413. The van der Waals surface area contributed by atoms with Gasteiger partial charge < -0.3 is 24.3 Å². The van der Waals surface area contributed by atoms with E-state index in [1.807, 2.05) is 7.05 Å². The van der Waals surface area contributed by atoms with Crippen LogP contribution in [0.15, 0.2) is 0 Å². The van der Waals surface area contributed by atoms with Crippen LogP contribution in [-0.4, -0.2) is 85.8 Å². The molecule has 8 nitrogen and oxygen atoms in total. The van der Waals surface area contributed by atoms with Gasteiger partial charge in [0.25, 0.3) is 0 Å². The molecule has 1 N–H and O–H groups in total. The van der Waals surface area contributed by atoms with Crippen molar-refractivity contribution in [1.29, 1.82) is 0 Å². The summed E-state index contributed by atoms with van der Waals surface area (Å²) in [5, 5.41) is 10.6. The number of hydrogen-bond donors (Lipinski definition) is 1. The molecule has 0 aliphatic carbocycles. The average Bonchev–Trinajstić information content (AvgIpc) is 2.93. The highest BCUT2D eigenvalue weighted by molar-refractivity contribution is 5.76. The number of hydroxylamine groups is 2. The lowest BCUT2D eigenvalue weighted by molar-refractivity contribution is -0.165. The normalized spacial score (nSPS) is 26.4. The molecular weight excluding hydrogens is 304 g/mol. The van der Waals surface area contributed by atoms with Gasteiger partial charge in [-0.1, -0.05) is 0 Å². The molecule has 0 radical (unpaired) electrons. The van der Waals surface area contributed by atoms with Crippen molar-refractivity contribution in [2.45, 2.75) is 43.9 Å². The van der Waals surface area contributed by atoms with Crippen molar-refractivity contribution in [2.75, 3.05) is 40.5 Å². The van der Waals surface area contributed by atoms with E-state index < -0.39 is 18.1 Å². The first-order chi connectivity index (χ1) is 11.0. The van der Waals surface area contributed by atoms with Gasteiger partial charge >= 0.3 is 11.9 Å². The zero-order valence-corrected chi connectivity index (χ0v) is 13.8. The summed E-state index contributed by atoms with van der Waals surface area (Å²) in [6.45, 7) is 2.28. The fourth-order valence-corrected chi connectivity index (χ4v) is 3.04. The van der Waals surface area contributed by atoms with Crippen LogP contribution in [0.2, 0.25) is 0 Å². The van der Waals surface area contributed by atoms with Gasteiger partial charge in [0.05, 0.1) is 20.1 Å². The molecule has 0 aromatic carbocycles. The minimum absolute atomic E-state index is 0.126. The summed E-state index contributed by atoms with van der Waals surface area (Å²) in [7, 11) is 3.27. The molecule has 2 aliphatic heterocycles. The van der Waals surface area contributed by atoms with Gasteiger partial charge in [-0.05, 0) is 19.9 Å². The molecule has 0 aromatic heterocycles. The van der Waals surface area contributed by atoms with Crippen molar-refractivity contribution in [3.05, 3.63) is 0 Å². The van der Waals surface area contributed by atoms with E-state index in [2.05, 4.69) is 9.64 Å². The SMILES string of the molecule is COC(=O)[C@@H]1CC(OC(=O)CCN(C)C2CCOCC2)CN1O. The van der Waals surface area contributed by atoms with Gasteiger partial charge in [0.15, 0.2) is 0 Å². The number of methoxy groups -OCH3 is 1. The van der Waals surface area contributed by atoms with Crippen LogP contribution in [0.4, 0.5) is 0 Å². The first-order valence-corrected chi connectivity index (χ1v) is 8.02. The highest BCUT2D eigenvalue weighted by atomic mass is 16.6. The summed E-state index contributed by atoms with van der Waals surface area (Å²) < 4.78 is 15.3. The van der Waals surface area contributed by atoms with Crippen LogP contribution in [0.25, 0.3) is 0 Å².